The summed E-state index contributed by atoms with van der Waals surface area (Å²) < 4.78 is 10.8. The third kappa shape index (κ3) is 3.02. The van der Waals surface area contributed by atoms with Crippen LogP contribution in [0.1, 0.15) is 11.1 Å². The van der Waals surface area contributed by atoms with Crippen molar-refractivity contribution in [3.8, 4) is 11.5 Å². The fourth-order valence-corrected chi connectivity index (χ4v) is 1.66. The molecule has 94 valence electrons. The van der Waals surface area contributed by atoms with E-state index in [0.717, 1.165) is 22.6 Å². The van der Waals surface area contributed by atoms with Crippen molar-refractivity contribution in [3.63, 3.8) is 0 Å². The molecule has 18 heavy (non-hydrogen) atoms. The first kappa shape index (κ1) is 12.5. The summed E-state index contributed by atoms with van der Waals surface area (Å²) >= 11 is 0. The van der Waals surface area contributed by atoms with Crippen molar-refractivity contribution in [2.45, 2.75) is 13.2 Å². The highest BCUT2D eigenvalue weighted by atomic mass is 16.5. The van der Waals surface area contributed by atoms with Gasteiger partial charge in [-0.05, 0) is 23.8 Å². The molecule has 3 nitrogen and oxygen atoms in total. The third-order valence-electron chi connectivity index (χ3n) is 2.70. The average Bonchev–Trinajstić information content (AvgIpc) is 2.46. The van der Waals surface area contributed by atoms with E-state index in [1.54, 1.807) is 7.11 Å². The molecule has 0 atom stereocenters. The van der Waals surface area contributed by atoms with Gasteiger partial charge in [-0.2, -0.15) is 0 Å². The van der Waals surface area contributed by atoms with Gasteiger partial charge in [0.2, 0.25) is 0 Å². The minimum Gasteiger partial charge on any atom is -0.497 e. The molecular weight excluding hydrogens is 228 g/mol. The number of benzene rings is 2. The largest absolute Gasteiger partial charge is 0.497 e. The molecule has 2 aromatic rings. The molecule has 0 unspecified atom stereocenters. The Bertz CT molecular complexity index is 491. The molecule has 2 aromatic carbocycles. The number of aliphatic hydroxyl groups is 1. The van der Waals surface area contributed by atoms with Crippen molar-refractivity contribution in [1.29, 1.82) is 0 Å². The summed E-state index contributed by atoms with van der Waals surface area (Å²) in [4.78, 5) is 0. The molecule has 0 amide bonds. The summed E-state index contributed by atoms with van der Waals surface area (Å²) in [5.41, 5.74) is 1.86. The second-order valence-corrected chi connectivity index (χ2v) is 3.90. The van der Waals surface area contributed by atoms with E-state index in [1.807, 2.05) is 48.5 Å². The van der Waals surface area contributed by atoms with Gasteiger partial charge in [0.15, 0.2) is 0 Å². The van der Waals surface area contributed by atoms with Gasteiger partial charge in [0.1, 0.15) is 18.1 Å². The third-order valence-corrected chi connectivity index (χ3v) is 2.70. The first-order valence-corrected chi connectivity index (χ1v) is 5.78. The molecule has 2 rings (SSSR count). The number of ether oxygens (including phenoxy) is 2. The summed E-state index contributed by atoms with van der Waals surface area (Å²) in [6, 6.07) is 15.2. The van der Waals surface area contributed by atoms with Crippen molar-refractivity contribution in [2.75, 3.05) is 7.11 Å². The average molecular weight is 244 g/mol. The highest BCUT2D eigenvalue weighted by Crippen LogP contribution is 2.19. The van der Waals surface area contributed by atoms with E-state index in [-0.39, 0.29) is 6.61 Å². The van der Waals surface area contributed by atoms with E-state index in [0.29, 0.717) is 6.61 Å². The van der Waals surface area contributed by atoms with Crippen molar-refractivity contribution in [3.05, 3.63) is 59.7 Å². The monoisotopic (exact) mass is 244 g/mol. The quantitative estimate of drug-likeness (QED) is 0.879. The van der Waals surface area contributed by atoms with Gasteiger partial charge in [0.25, 0.3) is 0 Å². The van der Waals surface area contributed by atoms with E-state index < -0.39 is 0 Å². The van der Waals surface area contributed by atoms with Crippen molar-refractivity contribution in [1.82, 2.24) is 0 Å². The van der Waals surface area contributed by atoms with Crippen LogP contribution in [-0.4, -0.2) is 12.2 Å². The van der Waals surface area contributed by atoms with Crippen LogP contribution in [0.2, 0.25) is 0 Å². The van der Waals surface area contributed by atoms with Gasteiger partial charge >= 0.3 is 0 Å². The molecule has 0 bridgehead atoms. The normalized spacial score (nSPS) is 10.1. The summed E-state index contributed by atoms with van der Waals surface area (Å²) in [6.07, 6.45) is 0. The number of hydrogen-bond acceptors (Lipinski definition) is 3. The fraction of sp³-hybridized carbons (Fsp3) is 0.200. The molecule has 0 radical (unpaired) electrons. The standard InChI is InChI=1S/C15H16O3/c1-17-14-8-6-12(7-9-14)11-18-15-5-3-2-4-13(15)10-16/h2-9,16H,10-11H2,1H3. The zero-order valence-electron chi connectivity index (χ0n) is 10.3. The van der Waals surface area contributed by atoms with Gasteiger partial charge in [0, 0.05) is 5.56 Å². The maximum absolute atomic E-state index is 9.19. The van der Waals surface area contributed by atoms with Crippen LogP contribution >= 0.6 is 0 Å². The van der Waals surface area contributed by atoms with Crippen molar-refractivity contribution >= 4 is 0 Å². The molecule has 0 spiro atoms. The number of methoxy groups -OCH3 is 1. The minimum absolute atomic E-state index is 0.0151. The van der Waals surface area contributed by atoms with Gasteiger partial charge in [-0.25, -0.2) is 0 Å². The van der Waals surface area contributed by atoms with E-state index in [1.165, 1.54) is 0 Å². The molecule has 0 saturated carbocycles. The Morgan fingerprint density at radius 2 is 1.72 bits per heavy atom. The van der Waals surface area contributed by atoms with E-state index in [4.69, 9.17) is 9.47 Å². The van der Waals surface area contributed by atoms with Crippen LogP contribution in [0, 0.1) is 0 Å². The molecule has 0 aliphatic carbocycles. The van der Waals surface area contributed by atoms with Crippen molar-refractivity contribution < 1.29 is 14.6 Å². The Kier molecular flexibility index (Phi) is 4.20. The molecule has 0 fully saturated rings. The highest BCUT2D eigenvalue weighted by Gasteiger charge is 2.02. The number of aliphatic hydroxyl groups excluding tert-OH is 1. The molecule has 0 saturated heterocycles. The minimum atomic E-state index is -0.0151. The van der Waals surface area contributed by atoms with Crippen molar-refractivity contribution in [2.24, 2.45) is 0 Å². The first-order valence-electron chi connectivity index (χ1n) is 5.78. The van der Waals surface area contributed by atoms with Gasteiger partial charge in [-0.15, -0.1) is 0 Å². The Labute approximate surface area is 107 Å². The Morgan fingerprint density at radius 3 is 2.39 bits per heavy atom. The van der Waals surface area contributed by atoms with E-state index in [2.05, 4.69) is 0 Å². The Morgan fingerprint density at radius 1 is 1.00 bits per heavy atom. The van der Waals surface area contributed by atoms with Gasteiger partial charge < -0.3 is 14.6 Å². The lowest BCUT2D eigenvalue weighted by Crippen LogP contribution is -1.98. The maximum atomic E-state index is 9.19. The van der Waals surface area contributed by atoms with Gasteiger partial charge in [-0.1, -0.05) is 30.3 Å². The summed E-state index contributed by atoms with van der Waals surface area (Å²) in [5.74, 6) is 1.55. The molecule has 0 aliphatic rings. The maximum Gasteiger partial charge on any atom is 0.125 e. The summed E-state index contributed by atoms with van der Waals surface area (Å²) in [7, 11) is 1.64. The van der Waals surface area contributed by atoms with Crippen LogP contribution in [0.5, 0.6) is 11.5 Å². The topological polar surface area (TPSA) is 38.7 Å². The Balaban J connectivity index is 2.02. The SMILES string of the molecule is COc1ccc(COc2ccccc2CO)cc1. The second-order valence-electron chi connectivity index (χ2n) is 3.90. The van der Waals surface area contributed by atoms with Crippen LogP contribution in [0.4, 0.5) is 0 Å². The predicted octanol–water partition coefficient (Wildman–Crippen LogP) is 2.77. The lowest BCUT2D eigenvalue weighted by atomic mass is 10.2. The van der Waals surface area contributed by atoms with E-state index >= 15 is 0 Å². The first-order chi connectivity index (χ1) is 8.83. The molecule has 0 aromatic heterocycles. The van der Waals surface area contributed by atoms with Crippen LogP contribution in [0.15, 0.2) is 48.5 Å². The highest BCUT2D eigenvalue weighted by molar-refractivity contribution is 5.33. The number of hydrogen-bond donors (Lipinski definition) is 1. The molecule has 0 heterocycles. The van der Waals surface area contributed by atoms with Gasteiger partial charge in [0.05, 0.1) is 13.7 Å². The molecule has 1 N–H and O–H groups in total. The Hall–Kier alpha value is -2.00. The van der Waals surface area contributed by atoms with Crippen LogP contribution in [0.3, 0.4) is 0 Å². The second kappa shape index (κ2) is 6.07. The van der Waals surface area contributed by atoms with Crippen LogP contribution in [0.25, 0.3) is 0 Å². The summed E-state index contributed by atoms with van der Waals surface area (Å²) in [5, 5.41) is 9.19. The van der Waals surface area contributed by atoms with Crippen LogP contribution in [-0.2, 0) is 13.2 Å². The zero-order chi connectivity index (χ0) is 12.8. The number of rotatable bonds is 5. The zero-order valence-corrected chi connectivity index (χ0v) is 10.3. The predicted molar refractivity (Wildman–Crippen MR) is 69.7 cm³/mol. The smallest absolute Gasteiger partial charge is 0.125 e. The van der Waals surface area contributed by atoms with E-state index in [9.17, 15) is 5.11 Å². The lowest BCUT2D eigenvalue weighted by molar-refractivity contribution is 0.259. The fourth-order valence-electron chi connectivity index (χ4n) is 1.66. The molecular formula is C15H16O3. The van der Waals surface area contributed by atoms with Gasteiger partial charge in [-0.3, -0.25) is 0 Å². The summed E-state index contributed by atoms with van der Waals surface area (Å²) in [6.45, 7) is 0.458. The van der Waals surface area contributed by atoms with Crippen LogP contribution < -0.4 is 9.47 Å². The molecule has 0 aliphatic heterocycles. The number of para-hydroxylation sites is 1. The molecule has 3 heteroatoms. The lowest BCUT2D eigenvalue weighted by Gasteiger charge is -2.10.